The topological polar surface area (TPSA) is 51.2 Å². The summed E-state index contributed by atoms with van der Waals surface area (Å²) in [6, 6.07) is 4.75. The van der Waals surface area contributed by atoms with E-state index in [0.29, 0.717) is 6.54 Å². The van der Waals surface area contributed by atoms with E-state index in [9.17, 15) is 0 Å². The summed E-state index contributed by atoms with van der Waals surface area (Å²) >= 11 is 0. The molecule has 0 amide bonds. The van der Waals surface area contributed by atoms with Gasteiger partial charge >= 0.3 is 0 Å². The predicted octanol–water partition coefficient (Wildman–Crippen LogP) is 2.02. The molecule has 2 saturated carbocycles. The van der Waals surface area contributed by atoms with E-state index < -0.39 is 0 Å². The van der Waals surface area contributed by atoms with E-state index in [1.807, 2.05) is 12.1 Å². The minimum atomic E-state index is 0.495. The molecular formula is C13H20N2O. The van der Waals surface area contributed by atoms with Crippen LogP contribution < -0.4 is 11.1 Å². The molecule has 3 nitrogen and oxygen atoms in total. The summed E-state index contributed by atoms with van der Waals surface area (Å²) in [6.45, 7) is 1.35. The SMILES string of the molecule is NCc1ccc(CNC(C2CC2)C2CC2)o1. The Balaban J connectivity index is 1.53. The fourth-order valence-corrected chi connectivity index (χ4v) is 2.47. The van der Waals surface area contributed by atoms with Crippen LogP contribution in [0.4, 0.5) is 0 Å². The summed E-state index contributed by atoms with van der Waals surface area (Å²) < 4.78 is 5.60. The predicted molar refractivity (Wildman–Crippen MR) is 62.7 cm³/mol. The van der Waals surface area contributed by atoms with Crippen LogP contribution in [0.1, 0.15) is 37.2 Å². The van der Waals surface area contributed by atoms with E-state index in [0.717, 1.165) is 35.9 Å². The first-order valence-electron chi connectivity index (χ1n) is 6.38. The van der Waals surface area contributed by atoms with E-state index >= 15 is 0 Å². The first-order valence-corrected chi connectivity index (χ1v) is 6.38. The lowest BCUT2D eigenvalue weighted by atomic mass is 10.1. The Morgan fingerprint density at radius 3 is 2.31 bits per heavy atom. The normalized spacial score (nSPS) is 20.6. The molecule has 3 N–H and O–H groups in total. The highest BCUT2D eigenvalue weighted by molar-refractivity contribution is 5.07. The Morgan fingerprint density at radius 2 is 1.81 bits per heavy atom. The lowest BCUT2D eigenvalue weighted by Gasteiger charge is -2.16. The lowest BCUT2D eigenvalue weighted by Crippen LogP contribution is -2.32. The maximum Gasteiger partial charge on any atom is 0.118 e. The second-order valence-corrected chi connectivity index (χ2v) is 5.15. The molecule has 3 heteroatoms. The van der Waals surface area contributed by atoms with Gasteiger partial charge in [-0.2, -0.15) is 0 Å². The van der Waals surface area contributed by atoms with Crippen LogP contribution in [0, 0.1) is 11.8 Å². The van der Waals surface area contributed by atoms with Crippen LogP contribution in [0.3, 0.4) is 0 Å². The second-order valence-electron chi connectivity index (χ2n) is 5.15. The molecule has 0 aliphatic heterocycles. The molecule has 0 bridgehead atoms. The van der Waals surface area contributed by atoms with E-state index in [1.54, 1.807) is 0 Å². The summed E-state index contributed by atoms with van der Waals surface area (Å²) in [4.78, 5) is 0. The minimum absolute atomic E-state index is 0.495. The van der Waals surface area contributed by atoms with Crippen molar-refractivity contribution in [3.8, 4) is 0 Å². The summed E-state index contributed by atoms with van der Waals surface area (Å²) in [6.07, 6.45) is 5.67. The zero-order valence-corrected chi connectivity index (χ0v) is 9.61. The molecule has 88 valence electrons. The number of rotatable bonds is 6. The monoisotopic (exact) mass is 220 g/mol. The zero-order chi connectivity index (χ0) is 11.0. The zero-order valence-electron chi connectivity index (χ0n) is 9.61. The molecule has 0 unspecified atom stereocenters. The molecule has 0 radical (unpaired) electrons. The Hall–Kier alpha value is -0.800. The molecule has 0 saturated heterocycles. The average Bonchev–Trinajstić information content (AvgIpc) is 3.20. The lowest BCUT2D eigenvalue weighted by molar-refractivity contribution is 0.379. The van der Waals surface area contributed by atoms with Gasteiger partial charge in [0.25, 0.3) is 0 Å². The van der Waals surface area contributed by atoms with Crippen LogP contribution in [-0.2, 0) is 13.1 Å². The van der Waals surface area contributed by atoms with Crippen LogP contribution in [0.2, 0.25) is 0 Å². The van der Waals surface area contributed by atoms with Gasteiger partial charge in [0.15, 0.2) is 0 Å². The smallest absolute Gasteiger partial charge is 0.118 e. The largest absolute Gasteiger partial charge is 0.463 e. The Labute approximate surface area is 96.4 Å². The number of furan rings is 1. The van der Waals surface area contributed by atoms with Crippen molar-refractivity contribution in [3.05, 3.63) is 23.7 Å². The van der Waals surface area contributed by atoms with Crippen molar-refractivity contribution in [2.45, 2.75) is 44.8 Å². The van der Waals surface area contributed by atoms with Gasteiger partial charge in [0.2, 0.25) is 0 Å². The fourth-order valence-electron chi connectivity index (χ4n) is 2.47. The minimum Gasteiger partial charge on any atom is -0.463 e. The van der Waals surface area contributed by atoms with Crippen LogP contribution in [0.15, 0.2) is 16.5 Å². The third kappa shape index (κ3) is 2.30. The maximum absolute atomic E-state index is 5.60. The molecule has 1 heterocycles. The van der Waals surface area contributed by atoms with E-state index in [4.69, 9.17) is 10.2 Å². The van der Waals surface area contributed by atoms with Crippen LogP contribution >= 0.6 is 0 Å². The molecule has 2 fully saturated rings. The van der Waals surface area contributed by atoms with E-state index in [1.165, 1.54) is 25.7 Å². The molecule has 16 heavy (non-hydrogen) atoms. The molecule has 1 aromatic heterocycles. The van der Waals surface area contributed by atoms with Gasteiger partial charge in [-0.1, -0.05) is 0 Å². The standard InChI is InChI=1S/C13H20N2O/c14-7-11-5-6-12(16-11)8-15-13(9-1-2-9)10-3-4-10/h5-6,9-10,13,15H,1-4,7-8,14H2. The van der Waals surface area contributed by atoms with Crippen molar-refractivity contribution in [2.24, 2.45) is 17.6 Å². The van der Waals surface area contributed by atoms with Crippen molar-refractivity contribution in [2.75, 3.05) is 0 Å². The third-order valence-corrected chi connectivity index (χ3v) is 3.69. The molecule has 2 aliphatic carbocycles. The molecular weight excluding hydrogens is 200 g/mol. The van der Waals surface area contributed by atoms with Crippen molar-refractivity contribution in [1.29, 1.82) is 0 Å². The Morgan fingerprint density at radius 1 is 1.19 bits per heavy atom. The van der Waals surface area contributed by atoms with Gasteiger partial charge in [0.1, 0.15) is 11.5 Å². The molecule has 1 aromatic rings. The van der Waals surface area contributed by atoms with Gasteiger partial charge in [-0.3, -0.25) is 0 Å². The summed E-state index contributed by atoms with van der Waals surface area (Å²) in [5.41, 5.74) is 5.52. The Kier molecular flexibility index (Phi) is 2.74. The van der Waals surface area contributed by atoms with Crippen molar-refractivity contribution < 1.29 is 4.42 Å². The van der Waals surface area contributed by atoms with E-state index in [2.05, 4.69) is 5.32 Å². The highest BCUT2D eigenvalue weighted by Crippen LogP contribution is 2.44. The first-order chi connectivity index (χ1) is 7.86. The third-order valence-electron chi connectivity index (χ3n) is 3.69. The van der Waals surface area contributed by atoms with Gasteiger partial charge in [-0.15, -0.1) is 0 Å². The number of nitrogens with two attached hydrogens (primary N) is 1. The Bertz CT molecular complexity index is 341. The summed E-state index contributed by atoms with van der Waals surface area (Å²) in [5.74, 6) is 3.78. The van der Waals surface area contributed by atoms with Gasteiger partial charge in [-0.05, 0) is 49.7 Å². The van der Waals surface area contributed by atoms with Crippen LogP contribution in [0.25, 0.3) is 0 Å². The highest BCUT2D eigenvalue weighted by Gasteiger charge is 2.40. The molecule has 0 aromatic carbocycles. The van der Waals surface area contributed by atoms with Crippen LogP contribution in [-0.4, -0.2) is 6.04 Å². The fraction of sp³-hybridized carbons (Fsp3) is 0.692. The maximum atomic E-state index is 5.60. The van der Waals surface area contributed by atoms with Gasteiger partial charge in [-0.25, -0.2) is 0 Å². The second kappa shape index (κ2) is 4.22. The van der Waals surface area contributed by atoms with Gasteiger partial charge in [0, 0.05) is 6.04 Å². The summed E-state index contributed by atoms with van der Waals surface area (Å²) in [5, 5.41) is 3.66. The van der Waals surface area contributed by atoms with Gasteiger partial charge in [0.05, 0.1) is 13.1 Å². The van der Waals surface area contributed by atoms with E-state index in [-0.39, 0.29) is 0 Å². The number of hydrogen-bond acceptors (Lipinski definition) is 3. The quantitative estimate of drug-likeness (QED) is 0.771. The van der Waals surface area contributed by atoms with Gasteiger partial charge < -0.3 is 15.5 Å². The van der Waals surface area contributed by atoms with Crippen molar-refractivity contribution in [3.63, 3.8) is 0 Å². The molecule has 3 rings (SSSR count). The van der Waals surface area contributed by atoms with Crippen LogP contribution in [0.5, 0.6) is 0 Å². The molecule has 2 aliphatic rings. The summed E-state index contributed by atoms with van der Waals surface area (Å²) in [7, 11) is 0. The average molecular weight is 220 g/mol. The van der Waals surface area contributed by atoms with Crippen molar-refractivity contribution in [1.82, 2.24) is 5.32 Å². The number of nitrogens with one attached hydrogen (secondary N) is 1. The first kappa shape index (κ1) is 10.4. The highest BCUT2D eigenvalue weighted by atomic mass is 16.3. The molecule has 0 spiro atoms. The molecule has 0 atom stereocenters. The van der Waals surface area contributed by atoms with Crippen molar-refractivity contribution >= 4 is 0 Å². The number of hydrogen-bond donors (Lipinski definition) is 2.